The molecule has 1 saturated heterocycles. The van der Waals surface area contributed by atoms with E-state index in [2.05, 4.69) is 54.3 Å². The molecule has 0 amide bonds. The molecule has 96 valence electrons. The third kappa shape index (κ3) is 1.90. The van der Waals surface area contributed by atoms with Crippen LogP contribution in [0, 0.1) is 5.92 Å². The molecule has 1 aromatic rings. The van der Waals surface area contributed by atoms with E-state index in [1.807, 2.05) is 0 Å². The molecule has 2 aliphatic heterocycles. The van der Waals surface area contributed by atoms with Crippen molar-refractivity contribution in [2.24, 2.45) is 5.92 Å². The number of piperidine rings is 1. The van der Waals surface area contributed by atoms with Crippen molar-refractivity contribution in [3.8, 4) is 0 Å². The van der Waals surface area contributed by atoms with Crippen molar-refractivity contribution < 1.29 is 5.11 Å². The molecule has 1 fully saturated rings. The van der Waals surface area contributed by atoms with Crippen LogP contribution in [0.15, 0.2) is 42.5 Å². The molecule has 2 nitrogen and oxygen atoms in total. The second-order valence-electron chi connectivity index (χ2n) is 5.48. The Hall–Kier alpha value is -1.12. The van der Waals surface area contributed by atoms with E-state index in [9.17, 15) is 5.11 Å². The smallest absolute Gasteiger partial charge is 0.0593 e. The minimum Gasteiger partial charge on any atom is -0.395 e. The fourth-order valence-corrected chi connectivity index (χ4v) is 3.57. The SMILES string of the molecule is C[C@H](c1ccccc1)N1[C@@H]2C=C[C@@H](CC2)[C@H]1CO. The zero-order chi connectivity index (χ0) is 12.5. The third-order valence-corrected chi connectivity index (χ3v) is 4.55. The number of aliphatic hydroxyl groups is 1. The van der Waals surface area contributed by atoms with Gasteiger partial charge in [-0.05, 0) is 31.2 Å². The summed E-state index contributed by atoms with van der Waals surface area (Å²) < 4.78 is 0. The van der Waals surface area contributed by atoms with Gasteiger partial charge < -0.3 is 5.11 Å². The number of fused-ring (bicyclic) bond motifs is 2. The molecule has 3 aliphatic rings. The van der Waals surface area contributed by atoms with Gasteiger partial charge in [0.05, 0.1) is 6.61 Å². The standard InChI is InChI=1S/C16H21NO/c1-12(13-5-3-2-4-6-13)17-15-9-7-14(8-10-15)16(17)11-18/h2-7,9,12,14-16,18H,8,10-11H2,1H3/t12-,14+,15-,16-/m1/s1. The van der Waals surface area contributed by atoms with Crippen molar-refractivity contribution in [1.29, 1.82) is 0 Å². The monoisotopic (exact) mass is 243 g/mol. The quantitative estimate of drug-likeness (QED) is 0.825. The molecule has 18 heavy (non-hydrogen) atoms. The Morgan fingerprint density at radius 2 is 2.00 bits per heavy atom. The number of hydrogen-bond acceptors (Lipinski definition) is 2. The average molecular weight is 243 g/mol. The molecule has 4 rings (SSSR count). The summed E-state index contributed by atoms with van der Waals surface area (Å²) in [5.74, 6) is 0.533. The van der Waals surface area contributed by atoms with Gasteiger partial charge in [0.1, 0.15) is 0 Å². The second kappa shape index (κ2) is 4.87. The number of benzene rings is 1. The fraction of sp³-hybridized carbons (Fsp3) is 0.500. The zero-order valence-electron chi connectivity index (χ0n) is 10.9. The Balaban J connectivity index is 1.89. The van der Waals surface area contributed by atoms with Gasteiger partial charge in [-0.3, -0.25) is 4.90 Å². The summed E-state index contributed by atoms with van der Waals surface area (Å²) in [6.07, 6.45) is 7.10. The maximum Gasteiger partial charge on any atom is 0.0593 e. The van der Waals surface area contributed by atoms with E-state index in [0.29, 0.717) is 24.0 Å². The fourth-order valence-electron chi connectivity index (χ4n) is 3.57. The van der Waals surface area contributed by atoms with Gasteiger partial charge in [0.2, 0.25) is 0 Å². The first-order chi connectivity index (χ1) is 8.81. The van der Waals surface area contributed by atoms with Gasteiger partial charge in [0.25, 0.3) is 0 Å². The molecule has 1 aliphatic carbocycles. The third-order valence-electron chi connectivity index (χ3n) is 4.55. The molecule has 0 aromatic heterocycles. The van der Waals surface area contributed by atoms with Crippen LogP contribution in [-0.4, -0.2) is 28.7 Å². The predicted octanol–water partition coefficient (Wildman–Crippen LogP) is 2.76. The summed E-state index contributed by atoms with van der Waals surface area (Å²) >= 11 is 0. The van der Waals surface area contributed by atoms with Crippen LogP contribution in [0.3, 0.4) is 0 Å². The summed E-state index contributed by atoms with van der Waals surface area (Å²) in [5, 5.41) is 9.70. The van der Waals surface area contributed by atoms with Crippen LogP contribution in [0.2, 0.25) is 0 Å². The maximum absolute atomic E-state index is 9.70. The Bertz CT molecular complexity index is 428. The van der Waals surface area contributed by atoms with Crippen LogP contribution in [0.4, 0.5) is 0 Å². The highest BCUT2D eigenvalue weighted by atomic mass is 16.3. The average Bonchev–Trinajstić information content (AvgIpc) is 2.47. The summed E-state index contributed by atoms with van der Waals surface area (Å²) in [7, 11) is 0. The van der Waals surface area contributed by atoms with E-state index in [1.54, 1.807) is 0 Å². The van der Waals surface area contributed by atoms with E-state index in [4.69, 9.17) is 0 Å². The van der Waals surface area contributed by atoms with Crippen LogP contribution in [-0.2, 0) is 0 Å². The van der Waals surface area contributed by atoms with E-state index in [-0.39, 0.29) is 6.61 Å². The summed E-state index contributed by atoms with van der Waals surface area (Å²) in [5.41, 5.74) is 1.34. The molecule has 1 N–H and O–H groups in total. The lowest BCUT2D eigenvalue weighted by molar-refractivity contribution is -0.00221. The normalized spacial score (nSPS) is 32.7. The van der Waals surface area contributed by atoms with E-state index >= 15 is 0 Å². The Morgan fingerprint density at radius 1 is 1.22 bits per heavy atom. The van der Waals surface area contributed by atoms with Crippen LogP contribution < -0.4 is 0 Å². The highest BCUT2D eigenvalue weighted by molar-refractivity contribution is 5.22. The van der Waals surface area contributed by atoms with Gasteiger partial charge in [-0.25, -0.2) is 0 Å². The minimum atomic E-state index is 0.267. The van der Waals surface area contributed by atoms with Crippen LogP contribution in [0.25, 0.3) is 0 Å². The first-order valence-electron chi connectivity index (χ1n) is 6.93. The lowest BCUT2D eigenvalue weighted by atomic mass is 9.78. The van der Waals surface area contributed by atoms with Crippen LogP contribution in [0.1, 0.15) is 31.4 Å². The van der Waals surface area contributed by atoms with E-state index in [0.717, 1.165) is 0 Å². The predicted molar refractivity (Wildman–Crippen MR) is 73.2 cm³/mol. The molecular weight excluding hydrogens is 222 g/mol. The van der Waals surface area contributed by atoms with Gasteiger partial charge >= 0.3 is 0 Å². The largest absolute Gasteiger partial charge is 0.395 e. The van der Waals surface area contributed by atoms with E-state index < -0.39 is 0 Å². The number of rotatable bonds is 3. The summed E-state index contributed by atoms with van der Waals surface area (Å²) in [6.45, 7) is 2.52. The number of nitrogens with zero attached hydrogens (tertiary/aromatic N) is 1. The number of hydrogen-bond donors (Lipinski definition) is 1. The minimum absolute atomic E-state index is 0.267. The van der Waals surface area contributed by atoms with Crippen LogP contribution >= 0.6 is 0 Å². The van der Waals surface area contributed by atoms with Gasteiger partial charge in [-0.2, -0.15) is 0 Å². The first kappa shape index (κ1) is 11.9. The molecule has 0 saturated carbocycles. The summed E-state index contributed by atoms with van der Waals surface area (Å²) in [6, 6.07) is 11.8. The van der Waals surface area contributed by atoms with Crippen molar-refractivity contribution >= 4 is 0 Å². The highest BCUT2D eigenvalue weighted by Crippen LogP contribution is 2.39. The number of aliphatic hydroxyl groups excluding tert-OH is 1. The second-order valence-corrected chi connectivity index (χ2v) is 5.48. The van der Waals surface area contributed by atoms with Crippen molar-refractivity contribution in [1.82, 2.24) is 4.90 Å². The van der Waals surface area contributed by atoms with Crippen LogP contribution in [0.5, 0.6) is 0 Å². The first-order valence-corrected chi connectivity index (χ1v) is 6.93. The maximum atomic E-state index is 9.70. The molecule has 2 heterocycles. The van der Waals surface area contributed by atoms with Gasteiger partial charge in [0, 0.05) is 18.1 Å². The Morgan fingerprint density at radius 3 is 2.61 bits per heavy atom. The highest BCUT2D eigenvalue weighted by Gasteiger charge is 2.40. The van der Waals surface area contributed by atoms with Crippen molar-refractivity contribution in [2.45, 2.75) is 37.9 Å². The van der Waals surface area contributed by atoms with Crippen molar-refractivity contribution in [3.05, 3.63) is 48.0 Å². The zero-order valence-corrected chi connectivity index (χ0v) is 10.9. The molecule has 4 atom stereocenters. The van der Waals surface area contributed by atoms with Crippen molar-refractivity contribution in [3.63, 3.8) is 0 Å². The lowest BCUT2D eigenvalue weighted by Gasteiger charge is -2.50. The van der Waals surface area contributed by atoms with Crippen molar-refractivity contribution in [2.75, 3.05) is 6.61 Å². The topological polar surface area (TPSA) is 23.5 Å². The molecule has 2 bridgehead atoms. The molecule has 0 unspecified atom stereocenters. The lowest BCUT2D eigenvalue weighted by Crippen LogP contribution is -2.55. The molecule has 2 heteroatoms. The van der Waals surface area contributed by atoms with Gasteiger partial charge in [0.15, 0.2) is 0 Å². The molecular formula is C16H21NO. The molecule has 1 aromatic carbocycles. The van der Waals surface area contributed by atoms with Gasteiger partial charge in [-0.15, -0.1) is 0 Å². The summed E-state index contributed by atoms with van der Waals surface area (Å²) in [4.78, 5) is 2.50. The molecule has 0 spiro atoms. The van der Waals surface area contributed by atoms with E-state index in [1.165, 1.54) is 18.4 Å². The Kier molecular flexibility index (Phi) is 3.23. The Labute approximate surface area is 109 Å². The molecule has 0 radical (unpaired) electrons. The van der Waals surface area contributed by atoms with Gasteiger partial charge in [-0.1, -0.05) is 42.5 Å².